The van der Waals surface area contributed by atoms with E-state index in [-0.39, 0.29) is 36.9 Å². The first-order valence-corrected chi connectivity index (χ1v) is 6.61. The zero-order chi connectivity index (χ0) is 14.4. The average molecular weight is 267 g/mol. The second kappa shape index (κ2) is 6.98. The highest BCUT2D eigenvalue weighted by molar-refractivity contribution is 5.76. The highest BCUT2D eigenvalue weighted by atomic mass is 16.4. The van der Waals surface area contributed by atoms with E-state index < -0.39 is 5.97 Å². The molecule has 6 heteroatoms. The molecule has 106 valence electrons. The van der Waals surface area contributed by atoms with Crippen LogP contribution < -0.4 is 5.32 Å². The molecule has 2 amide bonds. The van der Waals surface area contributed by atoms with E-state index in [0.717, 1.165) is 12.8 Å². The normalized spacial score (nSPS) is 15.7. The van der Waals surface area contributed by atoms with Gasteiger partial charge in [0.15, 0.2) is 0 Å². The summed E-state index contributed by atoms with van der Waals surface area (Å²) in [5, 5.41) is 20.2. The lowest BCUT2D eigenvalue weighted by atomic mass is 10.1. The topological polar surface area (TPSA) is 93.4 Å². The highest BCUT2D eigenvalue weighted by Crippen LogP contribution is 2.34. The molecule has 1 saturated carbocycles. The molecule has 0 aromatic heterocycles. The van der Waals surface area contributed by atoms with Crippen molar-refractivity contribution < 1.29 is 14.7 Å². The number of amides is 2. The van der Waals surface area contributed by atoms with Crippen molar-refractivity contribution in [2.75, 3.05) is 6.54 Å². The molecule has 1 fully saturated rings. The predicted molar refractivity (Wildman–Crippen MR) is 69.4 cm³/mol. The Hall–Kier alpha value is -1.77. The number of nitriles is 1. The van der Waals surface area contributed by atoms with Crippen LogP contribution in [0.4, 0.5) is 4.79 Å². The van der Waals surface area contributed by atoms with Crippen LogP contribution in [0.5, 0.6) is 0 Å². The van der Waals surface area contributed by atoms with E-state index in [1.54, 1.807) is 4.90 Å². The van der Waals surface area contributed by atoms with Crippen molar-refractivity contribution in [3.8, 4) is 6.07 Å². The molecule has 0 saturated heterocycles. The summed E-state index contributed by atoms with van der Waals surface area (Å²) in [5.74, 6) is -0.615. The minimum Gasteiger partial charge on any atom is -0.481 e. The Morgan fingerprint density at radius 1 is 1.47 bits per heavy atom. The quantitative estimate of drug-likeness (QED) is 0.732. The molecule has 1 atom stereocenters. The van der Waals surface area contributed by atoms with Crippen molar-refractivity contribution in [3.05, 3.63) is 0 Å². The van der Waals surface area contributed by atoms with Crippen LogP contribution in [-0.4, -0.2) is 40.6 Å². The lowest BCUT2D eigenvalue weighted by Gasteiger charge is -2.28. The number of hydrogen-bond acceptors (Lipinski definition) is 3. The van der Waals surface area contributed by atoms with Gasteiger partial charge in [0.1, 0.15) is 0 Å². The Bertz CT molecular complexity index is 372. The molecular formula is C13H21N3O3. The number of rotatable bonds is 7. The van der Waals surface area contributed by atoms with E-state index in [1.165, 1.54) is 0 Å². The van der Waals surface area contributed by atoms with Gasteiger partial charge in [-0.2, -0.15) is 5.26 Å². The Morgan fingerprint density at radius 3 is 2.53 bits per heavy atom. The van der Waals surface area contributed by atoms with Crippen LogP contribution in [0.25, 0.3) is 0 Å². The van der Waals surface area contributed by atoms with Crippen LogP contribution in [-0.2, 0) is 4.79 Å². The third-order valence-electron chi connectivity index (χ3n) is 3.24. The van der Waals surface area contributed by atoms with E-state index >= 15 is 0 Å². The van der Waals surface area contributed by atoms with Gasteiger partial charge in [-0.05, 0) is 32.6 Å². The van der Waals surface area contributed by atoms with Crippen LogP contribution >= 0.6 is 0 Å². The first kappa shape index (κ1) is 15.3. The van der Waals surface area contributed by atoms with Gasteiger partial charge in [-0.15, -0.1) is 0 Å². The summed E-state index contributed by atoms with van der Waals surface area (Å²) in [6, 6.07) is 1.42. The summed E-state index contributed by atoms with van der Waals surface area (Å²) >= 11 is 0. The van der Waals surface area contributed by atoms with Gasteiger partial charge >= 0.3 is 12.0 Å². The molecule has 1 aliphatic carbocycles. The molecule has 1 unspecified atom stereocenters. The van der Waals surface area contributed by atoms with E-state index in [9.17, 15) is 9.59 Å². The number of carbonyl (C=O) groups is 2. The van der Waals surface area contributed by atoms with Crippen LogP contribution in [0, 0.1) is 17.2 Å². The van der Waals surface area contributed by atoms with Crippen LogP contribution in [0.2, 0.25) is 0 Å². The third-order valence-corrected chi connectivity index (χ3v) is 3.24. The Kier molecular flexibility index (Phi) is 5.61. The summed E-state index contributed by atoms with van der Waals surface area (Å²) in [5.41, 5.74) is 0. The molecule has 0 aromatic carbocycles. The fourth-order valence-corrected chi connectivity index (χ4v) is 2.03. The Labute approximate surface area is 113 Å². The minimum atomic E-state index is -0.898. The zero-order valence-corrected chi connectivity index (χ0v) is 11.4. The first-order valence-electron chi connectivity index (χ1n) is 6.61. The number of carboxylic acid groups (broad SMARTS) is 1. The average Bonchev–Trinajstić information content (AvgIpc) is 3.11. The molecule has 1 aliphatic rings. The second-order valence-corrected chi connectivity index (χ2v) is 5.19. The van der Waals surface area contributed by atoms with E-state index in [1.807, 2.05) is 19.9 Å². The van der Waals surface area contributed by atoms with E-state index in [4.69, 9.17) is 10.4 Å². The van der Waals surface area contributed by atoms with Crippen LogP contribution in [0.3, 0.4) is 0 Å². The van der Waals surface area contributed by atoms with Gasteiger partial charge in [-0.3, -0.25) is 4.79 Å². The molecule has 1 rings (SSSR count). The number of aliphatic carboxylic acids is 1. The minimum absolute atomic E-state index is 0.0157. The number of carboxylic acids is 1. The molecule has 19 heavy (non-hydrogen) atoms. The highest BCUT2D eigenvalue weighted by Gasteiger charge is 2.34. The third kappa shape index (κ3) is 5.16. The first-order chi connectivity index (χ1) is 8.95. The molecule has 0 radical (unpaired) electrons. The number of urea groups is 1. The number of hydrogen-bond donors (Lipinski definition) is 2. The standard InChI is InChI=1S/C13H21N3O3/c1-9(2)16(7-3-6-14)13(19)15-11(8-12(17)18)10-4-5-10/h9-11H,3-5,7-8H2,1-2H3,(H,15,19)(H,17,18). The van der Waals surface area contributed by atoms with Crippen molar-refractivity contribution in [2.24, 2.45) is 5.92 Å². The summed E-state index contributed by atoms with van der Waals surface area (Å²) < 4.78 is 0. The maximum absolute atomic E-state index is 12.1. The van der Waals surface area contributed by atoms with Crippen molar-refractivity contribution in [2.45, 2.75) is 51.6 Å². The largest absolute Gasteiger partial charge is 0.481 e. The fraction of sp³-hybridized carbons (Fsp3) is 0.769. The van der Waals surface area contributed by atoms with Crippen molar-refractivity contribution in [3.63, 3.8) is 0 Å². The molecule has 0 bridgehead atoms. The van der Waals surface area contributed by atoms with Gasteiger partial charge in [-0.1, -0.05) is 0 Å². The van der Waals surface area contributed by atoms with Gasteiger partial charge in [-0.25, -0.2) is 4.79 Å². The number of carbonyl (C=O) groups excluding carboxylic acids is 1. The summed E-state index contributed by atoms with van der Waals surface area (Å²) in [4.78, 5) is 24.5. The molecule has 0 heterocycles. The fourth-order valence-electron chi connectivity index (χ4n) is 2.03. The molecule has 0 spiro atoms. The van der Waals surface area contributed by atoms with Gasteiger partial charge in [0, 0.05) is 18.6 Å². The second-order valence-electron chi connectivity index (χ2n) is 5.19. The van der Waals surface area contributed by atoms with E-state index in [2.05, 4.69) is 5.32 Å². The summed E-state index contributed by atoms with van der Waals surface area (Å²) in [7, 11) is 0. The molecule has 0 aromatic rings. The van der Waals surface area contributed by atoms with Gasteiger partial charge in [0.25, 0.3) is 0 Å². The molecule has 6 nitrogen and oxygen atoms in total. The SMILES string of the molecule is CC(C)N(CCC#N)C(=O)NC(CC(=O)O)C1CC1. The number of nitrogens with one attached hydrogen (secondary N) is 1. The Morgan fingerprint density at radius 2 is 2.11 bits per heavy atom. The monoisotopic (exact) mass is 267 g/mol. The van der Waals surface area contributed by atoms with E-state index in [0.29, 0.717) is 6.54 Å². The molecule has 2 N–H and O–H groups in total. The van der Waals surface area contributed by atoms with Crippen LogP contribution in [0.1, 0.15) is 39.5 Å². The van der Waals surface area contributed by atoms with Gasteiger partial charge in [0.2, 0.25) is 0 Å². The van der Waals surface area contributed by atoms with Crippen LogP contribution in [0.15, 0.2) is 0 Å². The van der Waals surface area contributed by atoms with Crippen molar-refractivity contribution in [1.29, 1.82) is 5.26 Å². The molecular weight excluding hydrogens is 246 g/mol. The lowest BCUT2D eigenvalue weighted by molar-refractivity contribution is -0.137. The summed E-state index contributed by atoms with van der Waals surface area (Å²) in [6.07, 6.45) is 2.18. The van der Waals surface area contributed by atoms with Gasteiger partial charge in [0.05, 0.1) is 18.9 Å². The zero-order valence-electron chi connectivity index (χ0n) is 11.4. The number of nitrogens with zero attached hydrogens (tertiary/aromatic N) is 2. The lowest BCUT2D eigenvalue weighted by Crippen LogP contribution is -2.49. The van der Waals surface area contributed by atoms with Crippen molar-refractivity contribution in [1.82, 2.24) is 10.2 Å². The maximum Gasteiger partial charge on any atom is 0.317 e. The smallest absolute Gasteiger partial charge is 0.317 e. The summed E-state index contributed by atoms with van der Waals surface area (Å²) in [6.45, 7) is 4.12. The Balaban J connectivity index is 2.57. The van der Waals surface area contributed by atoms with Crippen molar-refractivity contribution >= 4 is 12.0 Å². The van der Waals surface area contributed by atoms with Gasteiger partial charge < -0.3 is 15.3 Å². The maximum atomic E-state index is 12.1. The molecule has 0 aliphatic heterocycles. The predicted octanol–water partition coefficient (Wildman–Crippen LogP) is 1.57.